The van der Waals surface area contributed by atoms with Crippen molar-refractivity contribution in [1.29, 1.82) is 0 Å². The fourth-order valence-corrected chi connectivity index (χ4v) is 1.86. The molecule has 2 rings (SSSR count). The molecule has 0 aliphatic heterocycles. The van der Waals surface area contributed by atoms with E-state index < -0.39 is 11.2 Å². The molecule has 1 aromatic heterocycles. The van der Waals surface area contributed by atoms with Gasteiger partial charge in [0.15, 0.2) is 0 Å². The van der Waals surface area contributed by atoms with Crippen LogP contribution in [0.1, 0.15) is 16.8 Å². The van der Waals surface area contributed by atoms with E-state index in [9.17, 15) is 14.0 Å². The van der Waals surface area contributed by atoms with E-state index in [4.69, 9.17) is 0 Å². The standard InChI is InChI=1S/C13H13FN2O2/c1-8-4-3-5-11(14)10(8)7-16-9(2)6-12(17)15-13(16)18/h3-6H,7H2,1-2H3,(H,15,17,18). The monoisotopic (exact) mass is 248 g/mol. The maximum Gasteiger partial charge on any atom is 0.328 e. The molecule has 0 spiro atoms. The van der Waals surface area contributed by atoms with Crippen LogP contribution < -0.4 is 11.2 Å². The van der Waals surface area contributed by atoms with Crippen LogP contribution in [0.2, 0.25) is 0 Å². The van der Waals surface area contributed by atoms with Crippen molar-refractivity contribution in [1.82, 2.24) is 9.55 Å². The fourth-order valence-electron chi connectivity index (χ4n) is 1.86. The molecule has 0 saturated carbocycles. The van der Waals surface area contributed by atoms with Crippen LogP contribution in [0.4, 0.5) is 4.39 Å². The van der Waals surface area contributed by atoms with Gasteiger partial charge in [0.05, 0.1) is 6.54 Å². The predicted octanol–water partition coefficient (Wildman–Crippen LogP) is 1.34. The molecule has 1 heterocycles. The summed E-state index contributed by atoms with van der Waals surface area (Å²) in [6.45, 7) is 3.54. The Hall–Kier alpha value is -2.17. The second-order valence-electron chi connectivity index (χ2n) is 4.20. The third-order valence-corrected chi connectivity index (χ3v) is 2.91. The Labute approximate surface area is 103 Å². The maximum atomic E-state index is 13.7. The van der Waals surface area contributed by atoms with E-state index in [2.05, 4.69) is 4.98 Å². The number of nitrogens with one attached hydrogen (secondary N) is 1. The van der Waals surface area contributed by atoms with E-state index >= 15 is 0 Å². The number of rotatable bonds is 2. The van der Waals surface area contributed by atoms with Crippen molar-refractivity contribution in [2.24, 2.45) is 0 Å². The first-order valence-electron chi connectivity index (χ1n) is 5.54. The van der Waals surface area contributed by atoms with E-state index in [-0.39, 0.29) is 12.4 Å². The number of H-pyrrole nitrogens is 1. The average Bonchev–Trinajstić information content (AvgIpc) is 2.26. The second-order valence-corrected chi connectivity index (χ2v) is 4.20. The highest BCUT2D eigenvalue weighted by Gasteiger charge is 2.09. The molecular formula is C13H13FN2O2. The molecule has 2 aromatic rings. The lowest BCUT2D eigenvalue weighted by Gasteiger charge is -2.11. The van der Waals surface area contributed by atoms with Crippen LogP contribution in [-0.4, -0.2) is 9.55 Å². The van der Waals surface area contributed by atoms with Gasteiger partial charge >= 0.3 is 5.69 Å². The average molecular weight is 248 g/mol. The van der Waals surface area contributed by atoms with Gasteiger partial charge in [-0.05, 0) is 25.5 Å². The molecule has 94 valence electrons. The lowest BCUT2D eigenvalue weighted by molar-refractivity contribution is 0.586. The topological polar surface area (TPSA) is 54.9 Å². The molecule has 0 saturated heterocycles. The molecule has 0 amide bonds. The molecule has 0 bridgehead atoms. The lowest BCUT2D eigenvalue weighted by atomic mass is 10.1. The van der Waals surface area contributed by atoms with Crippen molar-refractivity contribution in [2.45, 2.75) is 20.4 Å². The molecule has 4 nitrogen and oxygen atoms in total. The summed E-state index contributed by atoms with van der Waals surface area (Å²) in [7, 11) is 0. The van der Waals surface area contributed by atoms with Crippen molar-refractivity contribution in [3.63, 3.8) is 0 Å². The quantitative estimate of drug-likeness (QED) is 0.872. The zero-order chi connectivity index (χ0) is 13.3. The third kappa shape index (κ3) is 2.25. The van der Waals surface area contributed by atoms with Gasteiger partial charge in [-0.15, -0.1) is 0 Å². The third-order valence-electron chi connectivity index (χ3n) is 2.91. The molecule has 1 aromatic carbocycles. The molecule has 18 heavy (non-hydrogen) atoms. The first-order chi connectivity index (χ1) is 8.49. The highest BCUT2D eigenvalue weighted by atomic mass is 19.1. The Morgan fingerprint density at radius 1 is 1.28 bits per heavy atom. The molecular weight excluding hydrogens is 235 g/mol. The largest absolute Gasteiger partial charge is 0.328 e. The number of aromatic nitrogens is 2. The Kier molecular flexibility index (Phi) is 3.14. The Balaban J connectivity index is 2.54. The summed E-state index contributed by atoms with van der Waals surface area (Å²) in [5.74, 6) is -0.354. The minimum absolute atomic E-state index is 0.111. The van der Waals surface area contributed by atoms with Crippen molar-refractivity contribution >= 4 is 0 Å². The van der Waals surface area contributed by atoms with E-state index in [1.165, 1.54) is 16.7 Å². The number of aryl methyl sites for hydroxylation is 2. The summed E-state index contributed by atoms with van der Waals surface area (Å²) in [6.07, 6.45) is 0. The van der Waals surface area contributed by atoms with Crippen LogP contribution in [0.15, 0.2) is 33.9 Å². The van der Waals surface area contributed by atoms with Crippen molar-refractivity contribution in [2.75, 3.05) is 0 Å². The lowest BCUT2D eigenvalue weighted by Crippen LogP contribution is -2.31. The van der Waals surface area contributed by atoms with Crippen molar-refractivity contribution in [3.05, 3.63) is 67.7 Å². The molecule has 0 aliphatic carbocycles. The van der Waals surface area contributed by atoms with E-state index in [0.717, 1.165) is 5.56 Å². The predicted molar refractivity (Wildman–Crippen MR) is 66.3 cm³/mol. The molecule has 0 radical (unpaired) electrons. The fraction of sp³-hybridized carbons (Fsp3) is 0.231. The molecule has 0 fully saturated rings. The van der Waals surface area contributed by atoms with Crippen LogP contribution in [0.25, 0.3) is 0 Å². The highest BCUT2D eigenvalue weighted by Crippen LogP contribution is 2.13. The second kappa shape index (κ2) is 4.60. The Morgan fingerprint density at radius 3 is 2.61 bits per heavy atom. The van der Waals surface area contributed by atoms with Gasteiger partial charge in [0.2, 0.25) is 0 Å². The summed E-state index contributed by atoms with van der Waals surface area (Å²) in [5.41, 5.74) is 0.760. The van der Waals surface area contributed by atoms with E-state index in [0.29, 0.717) is 11.3 Å². The zero-order valence-corrected chi connectivity index (χ0v) is 10.2. The van der Waals surface area contributed by atoms with Gasteiger partial charge in [-0.2, -0.15) is 0 Å². The molecule has 5 heteroatoms. The van der Waals surface area contributed by atoms with Crippen LogP contribution in [0, 0.1) is 19.7 Å². The van der Waals surface area contributed by atoms with Gasteiger partial charge in [-0.25, -0.2) is 9.18 Å². The summed E-state index contributed by atoms with van der Waals surface area (Å²) < 4.78 is 15.0. The normalized spacial score (nSPS) is 10.6. The van der Waals surface area contributed by atoms with Crippen molar-refractivity contribution in [3.8, 4) is 0 Å². The maximum absolute atomic E-state index is 13.7. The summed E-state index contributed by atoms with van der Waals surface area (Å²) in [6, 6.07) is 6.08. The number of hydrogen-bond donors (Lipinski definition) is 1. The number of halogens is 1. The summed E-state index contributed by atoms with van der Waals surface area (Å²) in [4.78, 5) is 24.9. The van der Waals surface area contributed by atoms with Gasteiger partial charge in [-0.1, -0.05) is 12.1 Å². The number of hydrogen-bond acceptors (Lipinski definition) is 2. The van der Waals surface area contributed by atoms with Gasteiger partial charge < -0.3 is 0 Å². The zero-order valence-electron chi connectivity index (χ0n) is 10.2. The summed E-state index contributed by atoms with van der Waals surface area (Å²) in [5, 5.41) is 0. The van der Waals surface area contributed by atoms with E-state index in [1.807, 2.05) is 0 Å². The smallest absolute Gasteiger partial charge is 0.293 e. The SMILES string of the molecule is Cc1cccc(F)c1Cn1c(C)cc(=O)[nH]c1=O. The number of benzene rings is 1. The first-order valence-corrected chi connectivity index (χ1v) is 5.54. The molecule has 0 aliphatic rings. The molecule has 0 unspecified atom stereocenters. The van der Waals surface area contributed by atoms with Crippen LogP contribution in [-0.2, 0) is 6.54 Å². The highest BCUT2D eigenvalue weighted by molar-refractivity contribution is 5.27. The molecule has 1 N–H and O–H groups in total. The Morgan fingerprint density at radius 2 is 2.00 bits per heavy atom. The van der Waals surface area contributed by atoms with Gasteiger partial charge in [0.1, 0.15) is 5.82 Å². The summed E-state index contributed by atoms with van der Waals surface area (Å²) >= 11 is 0. The Bertz CT molecular complexity index is 681. The van der Waals surface area contributed by atoms with Crippen LogP contribution in [0.3, 0.4) is 0 Å². The van der Waals surface area contributed by atoms with Gasteiger partial charge in [0, 0.05) is 17.3 Å². The van der Waals surface area contributed by atoms with Crippen molar-refractivity contribution < 1.29 is 4.39 Å². The van der Waals surface area contributed by atoms with Gasteiger partial charge in [-0.3, -0.25) is 14.3 Å². The van der Waals surface area contributed by atoms with Crippen LogP contribution in [0.5, 0.6) is 0 Å². The molecule has 0 atom stereocenters. The number of nitrogens with zero attached hydrogens (tertiary/aromatic N) is 1. The first kappa shape index (κ1) is 12.3. The van der Waals surface area contributed by atoms with Gasteiger partial charge in [0.25, 0.3) is 5.56 Å². The van der Waals surface area contributed by atoms with E-state index in [1.54, 1.807) is 26.0 Å². The number of aromatic amines is 1. The minimum atomic E-state index is -0.525. The van der Waals surface area contributed by atoms with Crippen LogP contribution >= 0.6 is 0 Å². The minimum Gasteiger partial charge on any atom is -0.293 e.